The van der Waals surface area contributed by atoms with E-state index in [2.05, 4.69) is 26.6 Å². The lowest BCUT2D eigenvalue weighted by molar-refractivity contribution is 0.0700. The van der Waals surface area contributed by atoms with E-state index >= 15 is 0 Å². The lowest BCUT2D eigenvalue weighted by Crippen LogP contribution is -2.41. The van der Waals surface area contributed by atoms with Gasteiger partial charge < -0.3 is 29.2 Å². The number of aryl methyl sites for hydroxylation is 1. The van der Waals surface area contributed by atoms with E-state index in [9.17, 15) is 9.59 Å². The molecule has 5 aromatic rings. The van der Waals surface area contributed by atoms with E-state index in [1.807, 2.05) is 54.4 Å². The van der Waals surface area contributed by atoms with E-state index in [4.69, 9.17) is 25.2 Å². The number of likely N-dealkylation sites (tertiary alicyclic amines) is 1. The van der Waals surface area contributed by atoms with E-state index < -0.39 is 6.09 Å². The maximum atomic E-state index is 13.8. The summed E-state index contributed by atoms with van der Waals surface area (Å²) in [5, 5.41) is 3.85. The van der Waals surface area contributed by atoms with Crippen LogP contribution in [-0.2, 0) is 18.3 Å². The average molecular weight is 660 g/mol. The first kappa shape index (κ1) is 30.2. The number of methoxy groups -OCH3 is 1. The second-order valence-electron chi connectivity index (χ2n) is 14.4. The Balaban J connectivity index is 1.05. The Morgan fingerprint density at radius 1 is 0.959 bits per heavy atom. The number of pyridine rings is 1. The highest BCUT2D eigenvalue weighted by Gasteiger charge is 2.47. The van der Waals surface area contributed by atoms with Crippen molar-refractivity contribution in [3.05, 3.63) is 60.2 Å². The number of benzene rings is 2. The highest BCUT2D eigenvalue weighted by molar-refractivity contribution is 6.00. The molecule has 49 heavy (non-hydrogen) atoms. The van der Waals surface area contributed by atoms with Crippen molar-refractivity contribution < 1.29 is 19.1 Å². The second-order valence-corrected chi connectivity index (χ2v) is 14.4. The molecule has 0 unspecified atom stereocenters. The first-order valence-corrected chi connectivity index (χ1v) is 17.5. The van der Waals surface area contributed by atoms with Gasteiger partial charge in [-0.2, -0.15) is 0 Å². The minimum Gasteiger partial charge on any atom is -0.494 e. The number of rotatable bonds is 9. The van der Waals surface area contributed by atoms with Crippen molar-refractivity contribution in [1.82, 2.24) is 24.0 Å². The predicted octanol–water partition coefficient (Wildman–Crippen LogP) is 6.20. The fourth-order valence-electron chi connectivity index (χ4n) is 7.84. The number of hydrogen-bond acceptors (Lipinski definition) is 7. The molecule has 3 aromatic heterocycles. The number of carbonyl (C=O) groups is 2. The third-order valence-electron chi connectivity index (χ3n) is 11.0. The zero-order valence-electron chi connectivity index (χ0n) is 27.9. The fourth-order valence-corrected chi connectivity index (χ4v) is 7.84. The van der Waals surface area contributed by atoms with Crippen molar-refractivity contribution in [2.75, 3.05) is 25.6 Å². The summed E-state index contributed by atoms with van der Waals surface area (Å²) in [6.45, 7) is 2.04. The summed E-state index contributed by atoms with van der Waals surface area (Å²) in [6, 6.07) is 17.9. The number of nitrogens with two attached hydrogens (primary N) is 1. The number of piperidine rings is 1. The minimum absolute atomic E-state index is 0.00745. The number of imidazole rings is 1. The van der Waals surface area contributed by atoms with Gasteiger partial charge in [-0.3, -0.25) is 10.1 Å². The van der Waals surface area contributed by atoms with Crippen LogP contribution in [-0.4, -0.2) is 68.3 Å². The summed E-state index contributed by atoms with van der Waals surface area (Å²) < 4.78 is 15.5. The summed E-state index contributed by atoms with van der Waals surface area (Å²) in [5.74, 6) is 2.91. The van der Waals surface area contributed by atoms with Gasteiger partial charge in [0.05, 0.1) is 30.6 Å². The molecule has 3 N–H and O–H groups in total. The number of amides is 2. The number of aromatic nitrogens is 4. The molecule has 3 saturated carbocycles. The lowest BCUT2D eigenvalue weighted by atomic mass is 10.1. The third-order valence-corrected chi connectivity index (χ3v) is 11.0. The van der Waals surface area contributed by atoms with Crippen LogP contribution >= 0.6 is 0 Å². The Morgan fingerprint density at radius 2 is 1.76 bits per heavy atom. The van der Waals surface area contributed by atoms with Gasteiger partial charge in [0, 0.05) is 54.4 Å². The molecule has 11 heteroatoms. The molecule has 4 fully saturated rings. The van der Waals surface area contributed by atoms with Gasteiger partial charge in [0.2, 0.25) is 0 Å². The SMILES string of the molecule is COc1cc(C(=O)N2C[C@H]3CC[C@@H]2[C@@H]3N)cc2nc(-c3cc4ccc(-c5ccc(NC(=O)OCC6CC6)cc5)nc4n3CC3CC3)n(C)c12. The van der Waals surface area contributed by atoms with Crippen LogP contribution in [0.5, 0.6) is 5.75 Å². The number of carbonyl (C=O) groups excluding carboxylic acids is 2. The van der Waals surface area contributed by atoms with E-state index in [1.54, 1.807) is 7.11 Å². The number of nitrogens with one attached hydrogen (secondary N) is 1. The summed E-state index contributed by atoms with van der Waals surface area (Å²) in [7, 11) is 3.64. The molecule has 11 nitrogen and oxygen atoms in total. The Hall–Kier alpha value is -4.90. The molecule has 4 heterocycles. The molecule has 2 bridgehead atoms. The summed E-state index contributed by atoms with van der Waals surface area (Å²) in [6.07, 6.45) is 6.30. The fraction of sp³-hybridized carbons (Fsp3) is 0.421. The number of hydrogen-bond donors (Lipinski definition) is 2. The van der Waals surface area contributed by atoms with E-state index in [0.717, 1.165) is 77.1 Å². The largest absolute Gasteiger partial charge is 0.494 e. The topological polar surface area (TPSA) is 130 Å². The first-order valence-electron chi connectivity index (χ1n) is 17.5. The van der Waals surface area contributed by atoms with Crippen LogP contribution in [0.15, 0.2) is 54.6 Å². The first-order chi connectivity index (χ1) is 23.8. The molecule has 4 aliphatic rings. The van der Waals surface area contributed by atoms with Crippen LogP contribution in [0, 0.1) is 17.8 Å². The van der Waals surface area contributed by atoms with Gasteiger partial charge in [-0.05, 0) is 98.7 Å². The zero-order chi connectivity index (χ0) is 33.4. The third kappa shape index (κ3) is 5.40. The number of anilines is 1. The molecule has 2 amide bonds. The summed E-state index contributed by atoms with van der Waals surface area (Å²) in [4.78, 5) is 38.2. The number of ether oxygens (including phenoxy) is 2. The highest BCUT2D eigenvalue weighted by atomic mass is 16.5. The van der Waals surface area contributed by atoms with Gasteiger partial charge in [-0.15, -0.1) is 0 Å². The molecule has 0 radical (unpaired) electrons. The molecule has 252 valence electrons. The van der Waals surface area contributed by atoms with Gasteiger partial charge in [-0.1, -0.05) is 12.1 Å². The molecule has 1 saturated heterocycles. The molecular weight excluding hydrogens is 618 g/mol. The van der Waals surface area contributed by atoms with Crippen LogP contribution in [0.2, 0.25) is 0 Å². The number of nitrogens with zero attached hydrogens (tertiary/aromatic N) is 5. The van der Waals surface area contributed by atoms with Gasteiger partial charge in [-0.25, -0.2) is 14.8 Å². The Labute approximate surface area is 284 Å². The Morgan fingerprint density at radius 3 is 2.45 bits per heavy atom. The molecular formula is C38H41N7O4. The van der Waals surface area contributed by atoms with Crippen LogP contribution in [0.4, 0.5) is 10.5 Å². The molecule has 1 aliphatic heterocycles. The van der Waals surface area contributed by atoms with Crippen molar-refractivity contribution in [2.45, 2.75) is 57.2 Å². The Bertz CT molecular complexity index is 2110. The number of fused-ring (bicyclic) bond motifs is 4. The van der Waals surface area contributed by atoms with Gasteiger partial charge in [0.1, 0.15) is 16.9 Å². The van der Waals surface area contributed by atoms with Crippen molar-refractivity contribution in [3.63, 3.8) is 0 Å². The predicted molar refractivity (Wildman–Crippen MR) is 187 cm³/mol. The van der Waals surface area contributed by atoms with Crippen molar-refractivity contribution in [3.8, 4) is 28.5 Å². The van der Waals surface area contributed by atoms with Crippen molar-refractivity contribution in [2.24, 2.45) is 30.5 Å². The van der Waals surface area contributed by atoms with Crippen LogP contribution in [0.3, 0.4) is 0 Å². The van der Waals surface area contributed by atoms with Gasteiger partial charge in [0.15, 0.2) is 5.82 Å². The summed E-state index contributed by atoms with van der Waals surface area (Å²) >= 11 is 0. The normalized spacial score (nSPS) is 21.5. The smallest absolute Gasteiger partial charge is 0.411 e. The average Bonchev–Trinajstić information content (AvgIpc) is 4.02. The second kappa shape index (κ2) is 11.6. The van der Waals surface area contributed by atoms with E-state index in [0.29, 0.717) is 47.9 Å². The maximum absolute atomic E-state index is 13.8. The van der Waals surface area contributed by atoms with E-state index in [1.165, 1.54) is 12.8 Å². The highest BCUT2D eigenvalue weighted by Crippen LogP contribution is 2.40. The minimum atomic E-state index is -0.421. The van der Waals surface area contributed by atoms with Crippen LogP contribution in [0.1, 0.15) is 48.9 Å². The Kier molecular flexibility index (Phi) is 7.15. The standard InChI is InChI=1S/C38H41N7O4/c1-43-34-29(15-26(17-32(34)48-2)37(46)45-19-25-10-14-30(45)33(25)39)42-36(43)31-16-24-9-13-28(41-35(24)44(31)18-21-3-4-21)23-7-11-27(12-8-23)40-38(47)49-20-22-5-6-22/h7-9,11-13,15-17,21-22,25,30,33H,3-6,10,14,18-20,39H2,1-2H3,(H,40,47)/t25-,30-,33-/m1/s1. The van der Waals surface area contributed by atoms with Crippen LogP contribution < -0.4 is 15.8 Å². The van der Waals surface area contributed by atoms with E-state index in [-0.39, 0.29) is 18.0 Å². The molecule has 3 aliphatic carbocycles. The molecule has 2 aromatic carbocycles. The summed E-state index contributed by atoms with van der Waals surface area (Å²) in [5.41, 5.74) is 12.9. The molecule has 9 rings (SSSR count). The molecule has 3 atom stereocenters. The van der Waals surface area contributed by atoms with Crippen LogP contribution in [0.25, 0.3) is 44.8 Å². The van der Waals surface area contributed by atoms with Crippen molar-refractivity contribution in [1.29, 1.82) is 0 Å². The quantitative estimate of drug-likeness (QED) is 0.193. The maximum Gasteiger partial charge on any atom is 0.411 e. The lowest BCUT2D eigenvalue weighted by Gasteiger charge is -2.27. The monoisotopic (exact) mass is 659 g/mol. The molecule has 0 spiro atoms. The van der Waals surface area contributed by atoms with Gasteiger partial charge in [0.25, 0.3) is 5.91 Å². The van der Waals surface area contributed by atoms with Crippen molar-refractivity contribution >= 4 is 39.8 Å². The van der Waals surface area contributed by atoms with Gasteiger partial charge >= 0.3 is 6.09 Å². The zero-order valence-corrected chi connectivity index (χ0v) is 27.9.